The van der Waals surface area contributed by atoms with Crippen molar-refractivity contribution in [1.29, 1.82) is 0 Å². The molecule has 0 saturated carbocycles. The van der Waals surface area contributed by atoms with E-state index in [0.29, 0.717) is 11.4 Å². The van der Waals surface area contributed by atoms with Crippen LogP contribution in [-0.4, -0.2) is 20.2 Å². The molecule has 15 heavy (non-hydrogen) atoms. The van der Waals surface area contributed by atoms with Crippen molar-refractivity contribution in [3.05, 3.63) is 40.5 Å². The van der Waals surface area contributed by atoms with Gasteiger partial charge in [0.1, 0.15) is 6.33 Å². The van der Waals surface area contributed by atoms with E-state index in [0.717, 1.165) is 5.56 Å². The molecule has 0 aliphatic rings. The SMILES string of the molecule is Cc1ccc(-n2cnnn2)c(N=[N+]=[N-])c1. The maximum Gasteiger partial charge on any atom is 0.143 e. The van der Waals surface area contributed by atoms with Crippen molar-refractivity contribution in [2.24, 2.45) is 5.11 Å². The van der Waals surface area contributed by atoms with E-state index in [1.54, 1.807) is 12.1 Å². The fourth-order valence-electron chi connectivity index (χ4n) is 1.23. The number of nitrogens with zero attached hydrogens (tertiary/aromatic N) is 7. The van der Waals surface area contributed by atoms with E-state index in [-0.39, 0.29) is 0 Å². The Morgan fingerprint density at radius 1 is 1.47 bits per heavy atom. The topological polar surface area (TPSA) is 92.4 Å². The van der Waals surface area contributed by atoms with Crippen LogP contribution in [0, 0.1) is 6.92 Å². The minimum absolute atomic E-state index is 0.504. The third-order valence-electron chi connectivity index (χ3n) is 1.88. The van der Waals surface area contributed by atoms with Crippen LogP contribution >= 0.6 is 0 Å². The molecule has 7 nitrogen and oxygen atoms in total. The van der Waals surface area contributed by atoms with Gasteiger partial charge in [-0.1, -0.05) is 16.7 Å². The number of rotatable bonds is 2. The molecule has 0 saturated heterocycles. The molecule has 0 radical (unpaired) electrons. The molecule has 7 heteroatoms. The molecule has 2 aromatic rings. The van der Waals surface area contributed by atoms with E-state index in [9.17, 15) is 0 Å². The Bertz CT molecular complexity index is 510. The lowest BCUT2D eigenvalue weighted by Gasteiger charge is -2.03. The van der Waals surface area contributed by atoms with Crippen molar-refractivity contribution in [2.45, 2.75) is 6.92 Å². The summed E-state index contributed by atoms with van der Waals surface area (Å²) in [6, 6.07) is 5.47. The smallest absolute Gasteiger partial charge is 0.143 e. The zero-order valence-corrected chi connectivity index (χ0v) is 7.94. The van der Waals surface area contributed by atoms with Crippen LogP contribution < -0.4 is 0 Å². The Balaban J connectivity index is 2.60. The summed E-state index contributed by atoms with van der Waals surface area (Å²) in [6.45, 7) is 1.92. The fraction of sp³-hybridized carbons (Fsp3) is 0.125. The second kappa shape index (κ2) is 3.77. The highest BCUT2D eigenvalue weighted by Crippen LogP contribution is 2.23. The van der Waals surface area contributed by atoms with Gasteiger partial charge in [0.25, 0.3) is 0 Å². The van der Waals surface area contributed by atoms with Crippen LogP contribution in [0.25, 0.3) is 16.1 Å². The van der Waals surface area contributed by atoms with Crippen LogP contribution in [0.4, 0.5) is 5.69 Å². The molecule has 0 atom stereocenters. The third-order valence-corrected chi connectivity index (χ3v) is 1.88. The molecule has 1 aromatic carbocycles. The van der Waals surface area contributed by atoms with Crippen molar-refractivity contribution < 1.29 is 0 Å². The summed E-state index contributed by atoms with van der Waals surface area (Å²) >= 11 is 0. The summed E-state index contributed by atoms with van der Waals surface area (Å²) in [5, 5.41) is 14.4. The standard InChI is InChI=1S/C8H7N7/c1-6-2-3-8(7(4-6)11-12-9)15-5-10-13-14-15/h2-5H,1H3. The summed E-state index contributed by atoms with van der Waals surface area (Å²) in [6.07, 6.45) is 1.45. The van der Waals surface area contributed by atoms with Gasteiger partial charge in [-0.25, -0.2) is 4.68 Å². The highest BCUT2D eigenvalue weighted by atomic mass is 15.5. The van der Waals surface area contributed by atoms with Crippen LogP contribution in [0.2, 0.25) is 0 Å². The molecule has 0 unspecified atom stereocenters. The molecule has 74 valence electrons. The van der Waals surface area contributed by atoms with Gasteiger partial charge in [-0.15, -0.1) is 5.10 Å². The van der Waals surface area contributed by atoms with Crippen molar-refractivity contribution in [3.8, 4) is 5.69 Å². The number of hydrogen-bond acceptors (Lipinski definition) is 4. The first-order valence-corrected chi connectivity index (χ1v) is 4.20. The normalized spacial score (nSPS) is 9.67. The number of aromatic nitrogens is 4. The van der Waals surface area contributed by atoms with E-state index in [2.05, 4.69) is 25.6 Å². The maximum absolute atomic E-state index is 8.43. The zero-order chi connectivity index (χ0) is 10.7. The van der Waals surface area contributed by atoms with E-state index < -0.39 is 0 Å². The number of benzene rings is 1. The highest BCUT2D eigenvalue weighted by molar-refractivity contribution is 5.57. The molecule has 0 fully saturated rings. The first-order valence-electron chi connectivity index (χ1n) is 4.20. The first-order chi connectivity index (χ1) is 7.31. The van der Waals surface area contributed by atoms with Gasteiger partial charge in [0, 0.05) is 4.91 Å². The Hall–Kier alpha value is -2.40. The van der Waals surface area contributed by atoms with Crippen molar-refractivity contribution in [1.82, 2.24) is 20.2 Å². The van der Waals surface area contributed by atoms with E-state index in [4.69, 9.17) is 5.53 Å². The Kier molecular flexibility index (Phi) is 2.30. The summed E-state index contributed by atoms with van der Waals surface area (Å²) in [5.41, 5.74) is 10.6. The van der Waals surface area contributed by atoms with E-state index >= 15 is 0 Å². The Labute approximate surface area is 85.0 Å². The molecule has 0 aliphatic carbocycles. The van der Waals surface area contributed by atoms with Crippen LogP contribution in [0.3, 0.4) is 0 Å². The summed E-state index contributed by atoms with van der Waals surface area (Å²) in [5.74, 6) is 0. The first kappa shape index (κ1) is 9.17. The second-order valence-corrected chi connectivity index (χ2v) is 2.94. The summed E-state index contributed by atoms with van der Waals surface area (Å²) in [7, 11) is 0. The minimum Gasteiger partial charge on any atom is -0.200 e. The molecule has 0 amide bonds. The van der Waals surface area contributed by atoms with Crippen molar-refractivity contribution >= 4 is 5.69 Å². The molecule has 0 N–H and O–H groups in total. The quantitative estimate of drug-likeness (QED) is 0.422. The van der Waals surface area contributed by atoms with Crippen molar-refractivity contribution in [2.75, 3.05) is 0 Å². The largest absolute Gasteiger partial charge is 0.200 e. The molecule has 0 bridgehead atoms. The van der Waals surface area contributed by atoms with Gasteiger partial charge in [-0.05, 0) is 35.0 Å². The number of aryl methyl sites for hydroxylation is 1. The monoisotopic (exact) mass is 201 g/mol. The highest BCUT2D eigenvalue weighted by Gasteiger charge is 2.04. The van der Waals surface area contributed by atoms with Crippen LogP contribution in [0.5, 0.6) is 0 Å². The number of azide groups is 1. The second-order valence-electron chi connectivity index (χ2n) is 2.94. The molecule has 2 rings (SSSR count). The lowest BCUT2D eigenvalue weighted by Crippen LogP contribution is -1.95. The van der Waals surface area contributed by atoms with Crippen LogP contribution in [-0.2, 0) is 0 Å². The van der Waals surface area contributed by atoms with Gasteiger partial charge < -0.3 is 0 Å². The lowest BCUT2D eigenvalue weighted by atomic mass is 10.2. The molecular weight excluding hydrogens is 194 g/mol. The average molecular weight is 201 g/mol. The van der Waals surface area contributed by atoms with Gasteiger partial charge in [0.05, 0.1) is 11.4 Å². The van der Waals surface area contributed by atoms with Gasteiger partial charge in [-0.3, -0.25) is 0 Å². The lowest BCUT2D eigenvalue weighted by molar-refractivity contribution is 0.789. The van der Waals surface area contributed by atoms with Crippen LogP contribution in [0.1, 0.15) is 5.56 Å². The molecule has 0 aliphatic heterocycles. The summed E-state index contributed by atoms with van der Waals surface area (Å²) in [4.78, 5) is 2.76. The predicted molar refractivity (Wildman–Crippen MR) is 52.7 cm³/mol. The minimum atomic E-state index is 0.504. The molecule has 1 heterocycles. The predicted octanol–water partition coefficient (Wildman–Crippen LogP) is 1.91. The average Bonchev–Trinajstić information content (AvgIpc) is 2.71. The van der Waals surface area contributed by atoms with Gasteiger partial charge >= 0.3 is 0 Å². The fourth-order valence-corrected chi connectivity index (χ4v) is 1.23. The van der Waals surface area contributed by atoms with E-state index in [1.807, 2.05) is 13.0 Å². The van der Waals surface area contributed by atoms with Gasteiger partial charge in [0.15, 0.2) is 0 Å². The van der Waals surface area contributed by atoms with Gasteiger partial charge in [-0.2, -0.15) is 0 Å². The third kappa shape index (κ3) is 1.77. The Morgan fingerprint density at radius 2 is 2.33 bits per heavy atom. The molecule has 0 spiro atoms. The van der Waals surface area contributed by atoms with Crippen molar-refractivity contribution in [3.63, 3.8) is 0 Å². The maximum atomic E-state index is 8.43. The molecular formula is C8H7N7. The Morgan fingerprint density at radius 3 is 3.00 bits per heavy atom. The zero-order valence-electron chi connectivity index (χ0n) is 7.94. The van der Waals surface area contributed by atoms with E-state index in [1.165, 1.54) is 11.0 Å². The number of hydrogen-bond donors (Lipinski definition) is 0. The van der Waals surface area contributed by atoms with Gasteiger partial charge in [0.2, 0.25) is 0 Å². The molecule has 1 aromatic heterocycles. The van der Waals surface area contributed by atoms with Crippen LogP contribution in [0.15, 0.2) is 29.6 Å². The number of tetrazole rings is 1. The summed E-state index contributed by atoms with van der Waals surface area (Å²) < 4.78 is 1.45.